The van der Waals surface area contributed by atoms with E-state index in [-0.39, 0.29) is 22.4 Å². The van der Waals surface area contributed by atoms with Gasteiger partial charge >= 0.3 is 0 Å². The number of nitrogen functional groups attached to an aromatic ring is 2. The summed E-state index contributed by atoms with van der Waals surface area (Å²) in [7, 11) is -9.19. The molecule has 0 aromatic heterocycles. The van der Waals surface area contributed by atoms with E-state index < -0.39 is 81.8 Å². The molecule has 0 amide bonds. The van der Waals surface area contributed by atoms with Gasteiger partial charge < -0.3 is 21.9 Å². The number of nitrogens with two attached hydrogens (primary N) is 3. The molecule has 0 saturated heterocycles. The number of ether oxygens (including phenoxy) is 1. The minimum Gasteiger partial charge on any atom is -0.496 e. The van der Waals surface area contributed by atoms with E-state index in [1.807, 2.05) is 0 Å². The van der Waals surface area contributed by atoms with Gasteiger partial charge in [-0.15, -0.1) is 0 Å². The normalized spacial score (nSPS) is 13.3. The zero-order valence-electron chi connectivity index (χ0n) is 18.5. The standard InChI is InChI=1S/C22H19N3O9S2/c1-34-12-7-6-9(8-23)21(35(28,29)30)13(12)14-15-16(18(25)22(17(14)24)36(31,32)33)20(27)11-5-3-2-4-10(11)19(15)26/h2-7H,8,23-25H2,1H3,(H,28,29,30)(H,31,32,33). The first-order valence-electron chi connectivity index (χ1n) is 10.0. The lowest BCUT2D eigenvalue weighted by atomic mass is 9.78. The fourth-order valence-electron chi connectivity index (χ4n) is 4.39. The second kappa shape index (κ2) is 8.39. The van der Waals surface area contributed by atoms with Crippen LogP contribution in [0.5, 0.6) is 5.75 Å². The van der Waals surface area contributed by atoms with E-state index in [0.29, 0.717) is 0 Å². The first kappa shape index (κ1) is 25.3. The van der Waals surface area contributed by atoms with Crippen LogP contribution in [0.25, 0.3) is 11.1 Å². The van der Waals surface area contributed by atoms with Crippen molar-refractivity contribution >= 4 is 43.2 Å². The minimum atomic E-state index is -5.22. The molecule has 3 aromatic carbocycles. The van der Waals surface area contributed by atoms with Crippen molar-refractivity contribution in [2.75, 3.05) is 18.6 Å². The Morgan fingerprint density at radius 1 is 0.750 bits per heavy atom. The van der Waals surface area contributed by atoms with Crippen LogP contribution < -0.4 is 21.9 Å². The summed E-state index contributed by atoms with van der Waals surface area (Å²) in [6.07, 6.45) is 0. The number of hydrogen-bond acceptors (Lipinski definition) is 10. The van der Waals surface area contributed by atoms with E-state index >= 15 is 0 Å². The van der Waals surface area contributed by atoms with Gasteiger partial charge in [-0.25, -0.2) is 0 Å². The summed E-state index contributed by atoms with van der Waals surface area (Å²) in [5.74, 6) is -1.97. The number of hydrogen-bond donors (Lipinski definition) is 5. The van der Waals surface area contributed by atoms with Crippen LogP contribution in [0.1, 0.15) is 37.4 Å². The third-order valence-corrected chi connectivity index (χ3v) is 7.74. The average molecular weight is 534 g/mol. The molecule has 1 aliphatic rings. The van der Waals surface area contributed by atoms with Crippen molar-refractivity contribution in [3.8, 4) is 16.9 Å². The number of methoxy groups -OCH3 is 1. The molecule has 188 valence electrons. The number of carbonyl (C=O) groups is 2. The fourth-order valence-corrected chi connectivity index (χ4v) is 6.09. The molecular formula is C22H19N3O9S2. The van der Waals surface area contributed by atoms with Gasteiger partial charge in [0, 0.05) is 34.4 Å². The molecule has 0 unspecified atom stereocenters. The SMILES string of the molecule is COc1ccc(CN)c(S(=O)(=O)O)c1-c1c(N)c(S(=O)(=O)O)c(N)c2c1C(=O)c1ccccc1C2=O. The summed E-state index contributed by atoms with van der Waals surface area (Å²) in [5, 5.41) is 0. The lowest BCUT2D eigenvalue weighted by Gasteiger charge is -2.26. The quantitative estimate of drug-likeness (QED) is 0.180. The summed E-state index contributed by atoms with van der Waals surface area (Å²) in [4.78, 5) is 25.2. The van der Waals surface area contributed by atoms with E-state index in [1.54, 1.807) is 0 Å². The predicted octanol–water partition coefficient (Wildman–Crippen LogP) is 1.25. The van der Waals surface area contributed by atoms with E-state index in [1.165, 1.54) is 36.4 Å². The Kier molecular flexibility index (Phi) is 5.89. The molecule has 12 nitrogen and oxygen atoms in total. The molecule has 8 N–H and O–H groups in total. The highest BCUT2D eigenvalue weighted by atomic mass is 32.2. The number of carbonyl (C=O) groups excluding carboxylic acids is 2. The summed E-state index contributed by atoms with van der Waals surface area (Å²) in [6.45, 7) is -0.413. The van der Waals surface area contributed by atoms with Crippen molar-refractivity contribution in [2.24, 2.45) is 5.73 Å². The fraction of sp³-hybridized carbons (Fsp3) is 0.0909. The number of ketones is 2. The van der Waals surface area contributed by atoms with Crippen LogP contribution in [0.2, 0.25) is 0 Å². The van der Waals surface area contributed by atoms with E-state index in [0.717, 1.165) is 7.11 Å². The van der Waals surface area contributed by atoms with Gasteiger partial charge in [0.2, 0.25) is 0 Å². The molecule has 36 heavy (non-hydrogen) atoms. The summed E-state index contributed by atoms with van der Waals surface area (Å²) in [6, 6.07) is 8.09. The van der Waals surface area contributed by atoms with Gasteiger partial charge in [-0.2, -0.15) is 16.8 Å². The third kappa shape index (κ3) is 3.63. The zero-order chi connectivity index (χ0) is 26.7. The van der Waals surface area contributed by atoms with Crippen LogP contribution in [0, 0.1) is 0 Å². The predicted molar refractivity (Wildman–Crippen MR) is 128 cm³/mol. The van der Waals surface area contributed by atoms with Crippen molar-refractivity contribution in [1.29, 1.82) is 0 Å². The van der Waals surface area contributed by atoms with E-state index in [4.69, 9.17) is 21.9 Å². The minimum absolute atomic E-state index is 0.0861. The van der Waals surface area contributed by atoms with Crippen LogP contribution in [0.4, 0.5) is 11.4 Å². The Balaban J connectivity index is 2.37. The van der Waals surface area contributed by atoms with Gasteiger partial charge in [0.25, 0.3) is 20.2 Å². The Bertz CT molecular complexity index is 1710. The summed E-state index contributed by atoms with van der Waals surface area (Å²) < 4.78 is 74.9. The molecule has 0 heterocycles. The lowest BCUT2D eigenvalue weighted by Crippen LogP contribution is -2.26. The van der Waals surface area contributed by atoms with Gasteiger partial charge in [0.15, 0.2) is 11.6 Å². The van der Waals surface area contributed by atoms with Crippen molar-refractivity contribution < 1.29 is 40.3 Å². The highest BCUT2D eigenvalue weighted by Gasteiger charge is 2.41. The molecule has 0 radical (unpaired) electrons. The van der Waals surface area contributed by atoms with Crippen molar-refractivity contribution in [1.82, 2.24) is 0 Å². The Morgan fingerprint density at radius 2 is 1.25 bits per heavy atom. The maximum atomic E-state index is 13.7. The van der Waals surface area contributed by atoms with E-state index in [2.05, 4.69) is 0 Å². The smallest absolute Gasteiger partial charge is 0.298 e. The molecule has 4 rings (SSSR count). The van der Waals surface area contributed by atoms with Crippen molar-refractivity contribution in [2.45, 2.75) is 16.3 Å². The molecule has 0 aliphatic heterocycles. The highest BCUT2D eigenvalue weighted by Crippen LogP contribution is 2.50. The van der Waals surface area contributed by atoms with E-state index in [9.17, 15) is 35.5 Å². The van der Waals surface area contributed by atoms with Crippen molar-refractivity contribution in [3.05, 3.63) is 64.2 Å². The second-order valence-electron chi connectivity index (χ2n) is 7.77. The van der Waals surface area contributed by atoms with Crippen LogP contribution in [-0.2, 0) is 26.8 Å². The lowest BCUT2D eigenvalue weighted by molar-refractivity contribution is 0.0980. The van der Waals surface area contributed by atoms with Gasteiger partial charge in [-0.05, 0) is 11.6 Å². The van der Waals surface area contributed by atoms with Gasteiger partial charge in [-0.3, -0.25) is 18.7 Å². The molecule has 0 spiro atoms. The maximum Gasteiger partial charge on any atom is 0.298 e. The first-order chi connectivity index (χ1) is 16.8. The Morgan fingerprint density at radius 3 is 1.72 bits per heavy atom. The largest absolute Gasteiger partial charge is 0.496 e. The third-order valence-electron chi connectivity index (χ3n) is 5.81. The topological polar surface area (TPSA) is 230 Å². The van der Waals surface area contributed by atoms with Crippen LogP contribution >= 0.6 is 0 Å². The Hall–Kier alpha value is -3.82. The number of fused-ring (bicyclic) bond motifs is 2. The molecule has 0 saturated carbocycles. The molecule has 3 aromatic rings. The summed E-state index contributed by atoms with van der Waals surface area (Å²) in [5.41, 5.74) is 13.5. The maximum absolute atomic E-state index is 13.7. The van der Waals surface area contributed by atoms with Crippen LogP contribution in [-0.4, -0.2) is 44.6 Å². The molecule has 14 heteroatoms. The molecule has 1 aliphatic carbocycles. The van der Waals surface area contributed by atoms with Crippen LogP contribution in [0.3, 0.4) is 0 Å². The second-order valence-corrected chi connectivity index (χ2v) is 10.5. The molecule has 0 bridgehead atoms. The number of benzene rings is 3. The van der Waals surface area contributed by atoms with Crippen molar-refractivity contribution in [3.63, 3.8) is 0 Å². The highest BCUT2D eigenvalue weighted by molar-refractivity contribution is 7.86. The summed E-state index contributed by atoms with van der Waals surface area (Å²) >= 11 is 0. The molecule has 0 atom stereocenters. The number of rotatable bonds is 5. The molecule has 0 fully saturated rings. The molecular weight excluding hydrogens is 514 g/mol. The zero-order valence-corrected chi connectivity index (χ0v) is 20.1. The average Bonchev–Trinajstić information content (AvgIpc) is 2.80. The number of anilines is 2. The van der Waals surface area contributed by atoms with Crippen LogP contribution in [0.15, 0.2) is 46.2 Å². The van der Waals surface area contributed by atoms with Gasteiger partial charge in [0.1, 0.15) is 15.5 Å². The monoisotopic (exact) mass is 533 g/mol. The van der Waals surface area contributed by atoms with Gasteiger partial charge in [0.05, 0.1) is 24.0 Å². The Labute approximate surface area is 205 Å². The van der Waals surface area contributed by atoms with Gasteiger partial charge in [-0.1, -0.05) is 30.3 Å². The first-order valence-corrected chi connectivity index (χ1v) is 12.9.